The second kappa shape index (κ2) is 4.77. The van der Waals surface area contributed by atoms with Gasteiger partial charge in [-0.05, 0) is 25.5 Å². The van der Waals surface area contributed by atoms with E-state index in [2.05, 4.69) is 10.7 Å². The Kier molecular flexibility index (Phi) is 3.14. The summed E-state index contributed by atoms with van der Waals surface area (Å²) in [5.74, 6) is 0. The second-order valence-corrected chi connectivity index (χ2v) is 5.47. The van der Waals surface area contributed by atoms with Crippen molar-refractivity contribution < 1.29 is 0 Å². The molecule has 1 aromatic heterocycles. The van der Waals surface area contributed by atoms with E-state index in [0.29, 0.717) is 6.04 Å². The summed E-state index contributed by atoms with van der Waals surface area (Å²) in [6.45, 7) is 1.10. The molecule has 0 radical (unpaired) electrons. The third-order valence-corrected chi connectivity index (χ3v) is 4.27. The third-order valence-electron chi connectivity index (χ3n) is 3.04. The molecule has 2 heterocycles. The first-order valence-electron chi connectivity index (χ1n) is 5.78. The van der Waals surface area contributed by atoms with Crippen LogP contribution in [0.25, 0.3) is 10.6 Å². The Morgan fingerprint density at radius 2 is 2.24 bits per heavy atom. The Morgan fingerprint density at radius 3 is 3.00 bits per heavy atom. The van der Waals surface area contributed by atoms with Crippen LogP contribution in [0.2, 0.25) is 5.02 Å². The lowest BCUT2D eigenvalue weighted by Crippen LogP contribution is -2.12. The molecule has 2 nitrogen and oxygen atoms in total. The Morgan fingerprint density at radius 1 is 1.35 bits per heavy atom. The molecular weight excluding hydrogens is 252 g/mol. The largest absolute Gasteiger partial charge is 0.309 e. The van der Waals surface area contributed by atoms with Gasteiger partial charge < -0.3 is 5.32 Å². The van der Waals surface area contributed by atoms with Crippen LogP contribution in [0.3, 0.4) is 0 Å². The molecule has 0 bridgehead atoms. The van der Waals surface area contributed by atoms with Crippen molar-refractivity contribution in [2.45, 2.75) is 18.9 Å². The predicted octanol–water partition coefficient (Wildman–Crippen LogP) is 3.89. The molecule has 0 amide bonds. The number of benzene rings is 1. The Balaban J connectivity index is 1.92. The zero-order valence-corrected chi connectivity index (χ0v) is 10.9. The Hall–Kier alpha value is -0.900. The van der Waals surface area contributed by atoms with E-state index in [9.17, 15) is 0 Å². The first kappa shape index (κ1) is 11.2. The molecule has 0 spiro atoms. The summed E-state index contributed by atoms with van der Waals surface area (Å²) in [4.78, 5) is 4.69. The van der Waals surface area contributed by atoms with Crippen molar-refractivity contribution in [2.24, 2.45) is 0 Å². The molecule has 3 rings (SSSR count). The van der Waals surface area contributed by atoms with Crippen molar-refractivity contribution >= 4 is 22.9 Å². The first-order chi connectivity index (χ1) is 8.34. The number of hydrogen-bond acceptors (Lipinski definition) is 3. The molecule has 1 N–H and O–H groups in total. The molecule has 1 atom stereocenters. The average Bonchev–Trinajstić information content (AvgIpc) is 3.00. The van der Waals surface area contributed by atoms with Gasteiger partial charge >= 0.3 is 0 Å². The Labute approximate surface area is 110 Å². The van der Waals surface area contributed by atoms with Gasteiger partial charge in [0.15, 0.2) is 0 Å². The molecular formula is C13H13ClN2S. The lowest BCUT2D eigenvalue weighted by atomic mass is 10.2. The van der Waals surface area contributed by atoms with E-state index in [1.807, 2.05) is 24.3 Å². The highest BCUT2D eigenvalue weighted by molar-refractivity contribution is 7.13. The first-order valence-corrected chi connectivity index (χ1v) is 7.04. The van der Waals surface area contributed by atoms with Gasteiger partial charge in [-0.2, -0.15) is 0 Å². The molecule has 2 aromatic rings. The fourth-order valence-electron chi connectivity index (χ4n) is 2.14. The standard InChI is InChI=1S/C13H13ClN2S/c14-10-5-2-1-4-9(10)13-16-12(8-17-13)11-6-3-7-15-11/h1-2,4-5,8,11,15H,3,6-7H2. The lowest BCUT2D eigenvalue weighted by molar-refractivity contribution is 0.632. The van der Waals surface area contributed by atoms with Crippen molar-refractivity contribution in [3.8, 4) is 10.6 Å². The number of thiazole rings is 1. The zero-order valence-electron chi connectivity index (χ0n) is 9.32. The van der Waals surface area contributed by atoms with Gasteiger partial charge in [-0.15, -0.1) is 11.3 Å². The summed E-state index contributed by atoms with van der Waals surface area (Å²) in [7, 11) is 0. The van der Waals surface area contributed by atoms with E-state index in [4.69, 9.17) is 16.6 Å². The average molecular weight is 265 g/mol. The summed E-state index contributed by atoms with van der Waals surface area (Å²) in [5, 5.41) is 7.39. The molecule has 1 saturated heterocycles. The van der Waals surface area contributed by atoms with E-state index in [0.717, 1.165) is 27.8 Å². The highest BCUT2D eigenvalue weighted by atomic mass is 35.5. The molecule has 1 aliphatic rings. The number of hydrogen-bond donors (Lipinski definition) is 1. The van der Waals surface area contributed by atoms with Gasteiger partial charge in [-0.3, -0.25) is 0 Å². The van der Waals surface area contributed by atoms with E-state index in [-0.39, 0.29) is 0 Å². The van der Waals surface area contributed by atoms with E-state index in [1.54, 1.807) is 11.3 Å². The molecule has 1 aromatic carbocycles. The van der Waals surface area contributed by atoms with Crippen molar-refractivity contribution in [3.05, 3.63) is 40.4 Å². The highest BCUT2D eigenvalue weighted by Crippen LogP contribution is 2.33. The maximum atomic E-state index is 6.18. The van der Waals surface area contributed by atoms with Crippen molar-refractivity contribution in [2.75, 3.05) is 6.54 Å². The molecule has 17 heavy (non-hydrogen) atoms. The third kappa shape index (κ3) is 2.23. The zero-order chi connectivity index (χ0) is 11.7. The van der Waals surface area contributed by atoms with Crippen LogP contribution in [0.15, 0.2) is 29.6 Å². The van der Waals surface area contributed by atoms with E-state index < -0.39 is 0 Å². The van der Waals surface area contributed by atoms with Crippen LogP contribution < -0.4 is 5.32 Å². The minimum absolute atomic E-state index is 0.433. The summed E-state index contributed by atoms with van der Waals surface area (Å²) >= 11 is 7.85. The quantitative estimate of drug-likeness (QED) is 0.890. The molecule has 88 valence electrons. The number of aromatic nitrogens is 1. The second-order valence-electron chi connectivity index (χ2n) is 4.21. The van der Waals surface area contributed by atoms with Crippen LogP contribution in [0.4, 0.5) is 0 Å². The van der Waals surface area contributed by atoms with Crippen molar-refractivity contribution in [3.63, 3.8) is 0 Å². The topological polar surface area (TPSA) is 24.9 Å². The maximum absolute atomic E-state index is 6.18. The number of nitrogens with zero attached hydrogens (tertiary/aromatic N) is 1. The van der Waals surface area contributed by atoms with Gasteiger partial charge in [0.05, 0.1) is 16.8 Å². The molecule has 0 aliphatic carbocycles. The van der Waals surface area contributed by atoms with E-state index in [1.165, 1.54) is 12.8 Å². The van der Waals surface area contributed by atoms with Crippen LogP contribution in [0.1, 0.15) is 24.6 Å². The van der Waals surface area contributed by atoms with Crippen molar-refractivity contribution in [1.82, 2.24) is 10.3 Å². The Bertz CT molecular complexity index is 518. The predicted molar refractivity (Wildman–Crippen MR) is 72.5 cm³/mol. The van der Waals surface area contributed by atoms with Crippen LogP contribution >= 0.6 is 22.9 Å². The number of nitrogens with one attached hydrogen (secondary N) is 1. The molecule has 1 aliphatic heterocycles. The fourth-order valence-corrected chi connectivity index (χ4v) is 3.34. The van der Waals surface area contributed by atoms with Gasteiger partial charge in [0.1, 0.15) is 5.01 Å². The monoisotopic (exact) mass is 264 g/mol. The van der Waals surface area contributed by atoms with Gasteiger partial charge in [0.2, 0.25) is 0 Å². The van der Waals surface area contributed by atoms with Gasteiger partial charge in [-0.25, -0.2) is 4.98 Å². The normalized spacial score (nSPS) is 19.7. The summed E-state index contributed by atoms with van der Waals surface area (Å²) in [5.41, 5.74) is 2.19. The minimum Gasteiger partial charge on any atom is -0.309 e. The molecule has 0 saturated carbocycles. The van der Waals surface area contributed by atoms with Crippen LogP contribution in [0.5, 0.6) is 0 Å². The van der Waals surface area contributed by atoms with Gasteiger partial charge in [-0.1, -0.05) is 29.8 Å². The smallest absolute Gasteiger partial charge is 0.125 e. The minimum atomic E-state index is 0.433. The number of halogens is 1. The van der Waals surface area contributed by atoms with Crippen LogP contribution in [-0.2, 0) is 0 Å². The fraction of sp³-hybridized carbons (Fsp3) is 0.308. The lowest BCUT2D eigenvalue weighted by Gasteiger charge is -2.05. The summed E-state index contributed by atoms with van der Waals surface area (Å²) in [6.07, 6.45) is 2.43. The summed E-state index contributed by atoms with van der Waals surface area (Å²) < 4.78 is 0. The summed E-state index contributed by atoms with van der Waals surface area (Å²) in [6, 6.07) is 8.30. The van der Waals surface area contributed by atoms with E-state index >= 15 is 0 Å². The number of rotatable bonds is 2. The molecule has 1 unspecified atom stereocenters. The molecule has 4 heteroatoms. The maximum Gasteiger partial charge on any atom is 0.125 e. The highest BCUT2D eigenvalue weighted by Gasteiger charge is 2.19. The SMILES string of the molecule is Clc1ccccc1-c1nc(C2CCCN2)cs1. The van der Waals surface area contributed by atoms with Crippen LogP contribution in [0, 0.1) is 0 Å². The van der Waals surface area contributed by atoms with Crippen molar-refractivity contribution in [1.29, 1.82) is 0 Å². The van der Waals surface area contributed by atoms with Gasteiger partial charge in [0, 0.05) is 10.9 Å². The van der Waals surface area contributed by atoms with Crippen LogP contribution in [-0.4, -0.2) is 11.5 Å². The molecule has 1 fully saturated rings. The van der Waals surface area contributed by atoms with Gasteiger partial charge in [0.25, 0.3) is 0 Å².